The minimum absolute atomic E-state index is 0.105. The second-order valence-electron chi connectivity index (χ2n) is 5.51. The van der Waals surface area contributed by atoms with Crippen molar-refractivity contribution >= 4 is 5.91 Å². The average Bonchev–Trinajstić information content (AvgIpc) is 2.61. The summed E-state index contributed by atoms with van der Waals surface area (Å²) in [7, 11) is 3.19. The molecule has 0 saturated heterocycles. The number of rotatable bonds is 7. The van der Waals surface area contributed by atoms with Gasteiger partial charge in [-0.2, -0.15) is 0 Å². The third-order valence-corrected chi connectivity index (χ3v) is 3.86. The molecule has 1 atom stereocenters. The van der Waals surface area contributed by atoms with E-state index in [9.17, 15) is 9.18 Å². The van der Waals surface area contributed by atoms with Crippen molar-refractivity contribution in [1.29, 1.82) is 0 Å². The number of nitrogens with one attached hydrogen (secondary N) is 1. The molecule has 0 aliphatic carbocycles. The molecule has 0 aliphatic heterocycles. The lowest BCUT2D eigenvalue weighted by Crippen LogP contribution is -2.26. The summed E-state index contributed by atoms with van der Waals surface area (Å²) in [5.74, 6) is 0.109. The van der Waals surface area contributed by atoms with Crippen LogP contribution in [0.25, 0.3) is 11.1 Å². The SMILES string of the molecule is COc1ccc(F)cc1-c1ccc(C(=O)NCCC(C)OC)cc1. The largest absolute Gasteiger partial charge is 0.496 e. The highest BCUT2D eigenvalue weighted by Crippen LogP contribution is 2.30. The van der Waals surface area contributed by atoms with E-state index in [0.29, 0.717) is 23.4 Å². The fraction of sp³-hybridized carbons (Fsp3) is 0.316. The lowest BCUT2D eigenvalue weighted by Gasteiger charge is -2.11. The Labute approximate surface area is 141 Å². The molecule has 0 aromatic heterocycles. The Morgan fingerprint density at radius 2 is 1.88 bits per heavy atom. The fourth-order valence-electron chi connectivity index (χ4n) is 2.32. The molecule has 24 heavy (non-hydrogen) atoms. The summed E-state index contributed by atoms with van der Waals surface area (Å²) in [6, 6.07) is 11.4. The average molecular weight is 331 g/mol. The summed E-state index contributed by atoms with van der Waals surface area (Å²) in [5.41, 5.74) is 1.99. The Morgan fingerprint density at radius 3 is 2.50 bits per heavy atom. The van der Waals surface area contributed by atoms with Gasteiger partial charge in [0.05, 0.1) is 13.2 Å². The zero-order valence-electron chi connectivity index (χ0n) is 14.1. The van der Waals surface area contributed by atoms with E-state index in [1.165, 1.54) is 12.1 Å². The van der Waals surface area contributed by atoms with E-state index < -0.39 is 0 Å². The predicted octanol–water partition coefficient (Wildman–Crippen LogP) is 3.66. The van der Waals surface area contributed by atoms with Gasteiger partial charge in [-0.05, 0) is 49.2 Å². The summed E-state index contributed by atoms with van der Waals surface area (Å²) in [5, 5.41) is 2.85. The van der Waals surface area contributed by atoms with E-state index in [1.807, 2.05) is 6.92 Å². The van der Waals surface area contributed by atoms with Crippen molar-refractivity contribution in [3.8, 4) is 16.9 Å². The zero-order valence-corrected chi connectivity index (χ0v) is 14.1. The Morgan fingerprint density at radius 1 is 1.17 bits per heavy atom. The van der Waals surface area contributed by atoms with Crippen molar-refractivity contribution < 1.29 is 18.7 Å². The first kappa shape index (κ1) is 17.9. The molecule has 4 nitrogen and oxygen atoms in total. The third kappa shape index (κ3) is 4.55. The van der Waals surface area contributed by atoms with Crippen LogP contribution in [0.3, 0.4) is 0 Å². The maximum atomic E-state index is 13.5. The molecule has 1 amide bonds. The molecule has 0 fully saturated rings. The molecule has 0 heterocycles. The van der Waals surface area contributed by atoms with E-state index in [0.717, 1.165) is 12.0 Å². The molecular formula is C19H22FNO3. The van der Waals surface area contributed by atoms with Crippen LogP contribution in [0.1, 0.15) is 23.7 Å². The first-order valence-corrected chi connectivity index (χ1v) is 7.80. The van der Waals surface area contributed by atoms with Gasteiger partial charge < -0.3 is 14.8 Å². The molecule has 1 N–H and O–H groups in total. The van der Waals surface area contributed by atoms with Crippen molar-refractivity contribution in [2.45, 2.75) is 19.4 Å². The van der Waals surface area contributed by atoms with Crippen LogP contribution in [-0.4, -0.2) is 32.8 Å². The van der Waals surface area contributed by atoms with E-state index in [2.05, 4.69) is 5.32 Å². The second-order valence-corrected chi connectivity index (χ2v) is 5.51. The quantitative estimate of drug-likeness (QED) is 0.842. The van der Waals surface area contributed by atoms with Crippen LogP contribution in [0.2, 0.25) is 0 Å². The highest BCUT2D eigenvalue weighted by Gasteiger charge is 2.10. The van der Waals surface area contributed by atoms with Crippen molar-refractivity contribution in [1.82, 2.24) is 5.32 Å². The second kappa shape index (κ2) is 8.45. The predicted molar refractivity (Wildman–Crippen MR) is 91.8 cm³/mol. The number of ether oxygens (including phenoxy) is 2. The summed E-state index contributed by atoms with van der Waals surface area (Å²) >= 11 is 0. The molecule has 2 aromatic carbocycles. The molecule has 5 heteroatoms. The Balaban J connectivity index is 2.08. The van der Waals surface area contributed by atoms with Crippen LogP contribution < -0.4 is 10.1 Å². The number of hydrogen-bond donors (Lipinski definition) is 1. The smallest absolute Gasteiger partial charge is 0.251 e. The minimum atomic E-state index is -0.333. The van der Waals surface area contributed by atoms with Gasteiger partial charge in [0.2, 0.25) is 0 Å². The third-order valence-electron chi connectivity index (χ3n) is 3.86. The zero-order chi connectivity index (χ0) is 17.5. The number of carbonyl (C=O) groups is 1. The van der Waals surface area contributed by atoms with Gasteiger partial charge in [-0.1, -0.05) is 12.1 Å². The van der Waals surface area contributed by atoms with Gasteiger partial charge in [0, 0.05) is 24.8 Å². The lowest BCUT2D eigenvalue weighted by molar-refractivity contribution is 0.0918. The van der Waals surface area contributed by atoms with Gasteiger partial charge in [-0.3, -0.25) is 4.79 Å². The number of methoxy groups -OCH3 is 2. The first-order chi connectivity index (χ1) is 11.5. The Kier molecular flexibility index (Phi) is 6.32. The van der Waals surface area contributed by atoms with E-state index in [1.54, 1.807) is 44.6 Å². The molecule has 0 aliphatic rings. The standard InChI is InChI=1S/C19H22FNO3/c1-13(23-2)10-11-21-19(22)15-6-4-14(5-7-15)17-12-16(20)8-9-18(17)24-3/h4-9,12-13H,10-11H2,1-3H3,(H,21,22). The summed E-state index contributed by atoms with van der Waals surface area (Å²) in [6.45, 7) is 2.50. The van der Waals surface area contributed by atoms with Crippen LogP contribution in [0.15, 0.2) is 42.5 Å². The Bertz CT molecular complexity index is 686. The number of halogens is 1. The molecule has 2 aromatic rings. The van der Waals surface area contributed by atoms with Gasteiger partial charge in [-0.15, -0.1) is 0 Å². The monoisotopic (exact) mass is 331 g/mol. The van der Waals surface area contributed by atoms with E-state index in [-0.39, 0.29) is 17.8 Å². The van der Waals surface area contributed by atoms with Crippen LogP contribution in [0, 0.1) is 5.82 Å². The molecule has 1 unspecified atom stereocenters. The molecule has 0 bridgehead atoms. The van der Waals surface area contributed by atoms with E-state index >= 15 is 0 Å². The van der Waals surface area contributed by atoms with Crippen LogP contribution in [0.5, 0.6) is 5.75 Å². The van der Waals surface area contributed by atoms with Crippen molar-refractivity contribution in [3.05, 3.63) is 53.8 Å². The molecule has 0 radical (unpaired) electrons. The van der Waals surface area contributed by atoms with Gasteiger partial charge >= 0.3 is 0 Å². The van der Waals surface area contributed by atoms with Crippen LogP contribution in [-0.2, 0) is 4.74 Å². The highest BCUT2D eigenvalue weighted by atomic mass is 19.1. The minimum Gasteiger partial charge on any atom is -0.496 e. The summed E-state index contributed by atoms with van der Waals surface area (Å²) in [4.78, 5) is 12.1. The van der Waals surface area contributed by atoms with Crippen LogP contribution in [0.4, 0.5) is 4.39 Å². The highest BCUT2D eigenvalue weighted by molar-refractivity contribution is 5.94. The number of benzene rings is 2. The van der Waals surface area contributed by atoms with Gasteiger partial charge in [-0.25, -0.2) is 4.39 Å². The Hall–Kier alpha value is -2.40. The topological polar surface area (TPSA) is 47.6 Å². The fourth-order valence-corrected chi connectivity index (χ4v) is 2.32. The molecular weight excluding hydrogens is 309 g/mol. The van der Waals surface area contributed by atoms with Crippen molar-refractivity contribution in [3.63, 3.8) is 0 Å². The number of amides is 1. The van der Waals surface area contributed by atoms with E-state index in [4.69, 9.17) is 9.47 Å². The summed E-state index contributed by atoms with van der Waals surface area (Å²) in [6.07, 6.45) is 0.856. The number of hydrogen-bond acceptors (Lipinski definition) is 3. The van der Waals surface area contributed by atoms with Gasteiger partial charge in [0.1, 0.15) is 11.6 Å². The van der Waals surface area contributed by atoms with Gasteiger partial charge in [0.15, 0.2) is 0 Å². The normalized spacial score (nSPS) is 11.8. The molecule has 0 saturated carbocycles. The molecule has 2 rings (SSSR count). The molecule has 0 spiro atoms. The van der Waals surface area contributed by atoms with Crippen LogP contribution >= 0.6 is 0 Å². The maximum absolute atomic E-state index is 13.5. The van der Waals surface area contributed by atoms with Crippen molar-refractivity contribution in [2.24, 2.45) is 0 Å². The van der Waals surface area contributed by atoms with Gasteiger partial charge in [0.25, 0.3) is 5.91 Å². The number of carbonyl (C=O) groups excluding carboxylic acids is 1. The molecule has 128 valence electrons. The maximum Gasteiger partial charge on any atom is 0.251 e. The van der Waals surface area contributed by atoms with Crippen molar-refractivity contribution in [2.75, 3.05) is 20.8 Å². The summed E-state index contributed by atoms with van der Waals surface area (Å²) < 4.78 is 23.9. The first-order valence-electron chi connectivity index (χ1n) is 7.80. The lowest BCUT2D eigenvalue weighted by atomic mass is 10.0.